The lowest BCUT2D eigenvalue weighted by Gasteiger charge is -1.89. The van der Waals surface area contributed by atoms with Gasteiger partial charge in [-0.05, 0) is 11.5 Å². The zero-order valence-electron chi connectivity index (χ0n) is 6.47. The third-order valence-electron chi connectivity index (χ3n) is 1.55. The van der Waals surface area contributed by atoms with Crippen molar-refractivity contribution < 1.29 is 9.90 Å². The highest BCUT2D eigenvalue weighted by atomic mass is 32.1. The Morgan fingerprint density at radius 3 is 3.23 bits per heavy atom. The van der Waals surface area contributed by atoms with E-state index in [2.05, 4.69) is 14.3 Å². The Bertz CT molecular complexity index is 454. The second-order valence-electron chi connectivity index (χ2n) is 2.44. The van der Waals surface area contributed by atoms with Gasteiger partial charge in [0, 0.05) is 6.20 Å². The first kappa shape index (κ1) is 8.06. The second-order valence-corrected chi connectivity index (χ2v) is 3.19. The first-order valence-corrected chi connectivity index (χ1v) is 4.31. The smallest absolute Gasteiger partial charge is 0.309 e. The molecular weight excluding hydrogens is 190 g/mol. The summed E-state index contributed by atoms with van der Waals surface area (Å²) in [7, 11) is 0. The summed E-state index contributed by atoms with van der Waals surface area (Å²) in [5.41, 5.74) is 0.535. The number of nitrogens with zero attached hydrogens (tertiary/aromatic N) is 3. The van der Waals surface area contributed by atoms with Crippen molar-refractivity contribution in [1.82, 2.24) is 14.3 Å². The molecule has 0 aliphatic carbocycles. The van der Waals surface area contributed by atoms with Crippen LogP contribution in [-0.2, 0) is 11.2 Å². The molecule has 0 spiro atoms. The molecule has 0 fully saturated rings. The van der Waals surface area contributed by atoms with Gasteiger partial charge in [-0.25, -0.2) is 9.97 Å². The van der Waals surface area contributed by atoms with E-state index in [1.807, 2.05) is 0 Å². The Morgan fingerprint density at radius 1 is 1.62 bits per heavy atom. The van der Waals surface area contributed by atoms with Crippen molar-refractivity contribution in [3.63, 3.8) is 0 Å². The van der Waals surface area contributed by atoms with E-state index in [1.165, 1.54) is 17.9 Å². The molecule has 0 unspecified atom stereocenters. The molecule has 6 heteroatoms. The number of carboxylic acid groups (broad SMARTS) is 1. The van der Waals surface area contributed by atoms with E-state index in [1.54, 1.807) is 6.20 Å². The zero-order chi connectivity index (χ0) is 9.26. The maximum absolute atomic E-state index is 10.4. The molecule has 0 aromatic carbocycles. The van der Waals surface area contributed by atoms with Crippen molar-refractivity contribution in [3.8, 4) is 0 Å². The molecule has 0 aliphatic rings. The van der Waals surface area contributed by atoms with Gasteiger partial charge in [-0.2, -0.15) is 4.37 Å². The highest BCUT2D eigenvalue weighted by Gasteiger charge is 2.09. The van der Waals surface area contributed by atoms with Crippen LogP contribution in [0.5, 0.6) is 0 Å². The highest BCUT2D eigenvalue weighted by molar-refractivity contribution is 7.12. The Labute approximate surface area is 77.2 Å². The number of aliphatic carboxylic acids is 1. The van der Waals surface area contributed by atoms with Crippen LogP contribution in [0.4, 0.5) is 0 Å². The van der Waals surface area contributed by atoms with Gasteiger partial charge in [0.15, 0.2) is 0 Å². The third-order valence-corrected chi connectivity index (χ3v) is 2.36. The number of aromatic nitrogens is 3. The SMILES string of the molecule is O=C(O)Cc1nsc2ncncc12. The average Bonchev–Trinajstić information content (AvgIpc) is 2.48. The van der Waals surface area contributed by atoms with Crippen LogP contribution in [-0.4, -0.2) is 25.4 Å². The molecule has 0 saturated carbocycles. The van der Waals surface area contributed by atoms with Crippen molar-refractivity contribution >= 4 is 27.7 Å². The molecule has 2 rings (SSSR count). The molecule has 2 heterocycles. The molecule has 0 saturated heterocycles. The average molecular weight is 195 g/mol. The van der Waals surface area contributed by atoms with Crippen LogP contribution in [0, 0.1) is 0 Å². The lowest BCUT2D eigenvalue weighted by Crippen LogP contribution is -2.00. The predicted octanol–water partition coefficient (Wildman–Crippen LogP) is 0.713. The van der Waals surface area contributed by atoms with Gasteiger partial charge < -0.3 is 5.11 Å². The number of hydrogen-bond donors (Lipinski definition) is 1. The summed E-state index contributed by atoms with van der Waals surface area (Å²) < 4.78 is 3.99. The number of hydrogen-bond acceptors (Lipinski definition) is 5. The standard InChI is InChI=1S/C7H5N3O2S/c11-6(12)1-5-4-2-8-3-9-7(4)13-10-5/h2-3H,1H2,(H,11,12). The van der Waals surface area contributed by atoms with E-state index >= 15 is 0 Å². The van der Waals surface area contributed by atoms with Crippen LogP contribution in [0.3, 0.4) is 0 Å². The quantitative estimate of drug-likeness (QED) is 0.763. The minimum absolute atomic E-state index is 0.0760. The monoisotopic (exact) mass is 195 g/mol. The van der Waals surface area contributed by atoms with Crippen LogP contribution >= 0.6 is 11.5 Å². The van der Waals surface area contributed by atoms with Gasteiger partial charge in [0.2, 0.25) is 0 Å². The fourth-order valence-corrected chi connectivity index (χ4v) is 1.73. The van der Waals surface area contributed by atoms with Gasteiger partial charge in [-0.15, -0.1) is 0 Å². The molecule has 2 aromatic heterocycles. The largest absolute Gasteiger partial charge is 0.481 e. The Hall–Kier alpha value is -1.56. The second kappa shape index (κ2) is 3.06. The third kappa shape index (κ3) is 1.48. The van der Waals surface area contributed by atoms with Crippen LogP contribution in [0.1, 0.15) is 5.69 Å². The summed E-state index contributed by atoms with van der Waals surface area (Å²) in [6, 6.07) is 0. The molecule has 13 heavy (non-hydrogen) atoms. The predicted molar refractivity (Wildman–Crippen MR) is 46.5 cm³/mol. The zero-order valence-corrected chi connectivity index (χ0v) is 7.28. The molecule has 1 N–H and O–H groups in total. The summed E-state index contributed by atoms with van der Waals surface area (Å²) in [4.78, 5) is 18.9. The van der Waals surface area contributed by atoms with Crippen LogP contribution < -0.4 is 0 Å². The topological polar surface area (TPSA) is 76.0 Å². The van der Waals surface area contributed by atoms with Gasteiger partial charge in [0.1, 0.15) is 11.2 Å². The summed E-state index contributed by atoms with van der Waals surface area (Å²) in [5, 5.41) is 9.30. The van der Waals surface area contributed by atoms with E-state index in [9.17, 15) is 4.79 Å². The lowest BCUT2D eigenvalue weighted by atomic mass is 10.2. The molecule has 5 nitrogen and oxygen atoms in total. The van der Waals surface area contributed by atoms with Crippen molar-refractivity contribution in [2.45, 2.75) is 6.42 Å². The van der Waals surface area contributed by atoms with Crippen LogP contribution in [0.15, 0.2) is 12.5 Å². The summed E-state index contributed by atoms with van der Waals surface area (Å²) in [6.45, 7) is 0. The van der Waals surface area contributed by atoms with Crippen LogP contribution in [0.2, 0.25) is 0 Å². The molecule has 0 radical (unpaired) electrons. The number of carbonyl (C=O) groups is 1. The molecule has 2 aromatic rings. The maximum Gasteiger partial charge on any atom is 0.309 e. The lowest BCUT2D eigenvalue weighted by molar-refractivity contribution is -0.136. The maximum atomic E-state index is 10.4. The van der Waals surface area contributed by atoms with Gasteiger partial charge in [-0.3, -0.25) is 4.79 Å². The first-order valence-electron chi connectivity index (χ1n) is 3.53. The highest BCUT2D eigenvalue weighted by Crippen LogP contribution is 2.18. The van der Waals surface area contributed by atoms with Crippen molar-refractivity contribution in [3.05, 3.63) is 18.2 Å². The minimum atomic E-state index is -0.893. The van der Waals surface area contributed by atoms with E-state index in [0.717, 1.165) is 10.2 Å². The fourth-order valence-electron chi connectivity index (χ4n) is 1.01. The van der Waals surface area contributed by atoms with Gasteiger partial charge in [0.25, 0.3) is 0 Å². The normalized spacial score (nSPS) is 10.5. The van der Waals surface area contributed by atoms with E-state index < -0.39 is 5.97 Å². The van der Waals surface area contributed by atoms with E-state index in [-0.39, 0.29) is 6.42 Å². The molecule has 0 amide bonds. The van der Waals surface area contributed by atoms with E-state index in [4.69, 9.17) is 5.11 Å². The van der Waals surface area contributed by atoms with Crippen molar-refractivity contribution in [2.24, 2.45) is 0 Å². The molecular formula is C7H5N3O2S. The van der Waals surface area contributed by atoms with E-state index in [0.29, 0.717) is 5.69 Å². The van der Waals surface area contributed by atoms with Crippen molar-refractivity contribution in [2.75, 3.05) is 0 Å². The summed E-state index contributed by atoms with van der Waals surface area (Å²) >= 11 is 1.19. The number of carboxylic acids is 1. The summed E-state index contributed by atoms with van der Waals surface area (Å²) in [5.74, 6) is -0.893. The molecule has 0 atom stereocenters. The molecule has 0 bridgehead atoms. The van der Waals surface area contributed by atoms with Gasteiger partial charge >= 0.3 is 5.97 Å². The van der Waals surface area contributed by atoms with Gasteiger partial charge in [-0.1, -0.05) is 0 Å². The number of fused-ring (bicyclic) bond motifs is 1. The first-order chi connectivity index (χ1) is 6.27. The Morgan fingerprint density at radius 2 is 2.46 bits per heavy atom. The Kier molecular flexibility index (Phi) is 1.90. The van der Waals surface area contributed by atoms with Crippen LogP contribution in [0.25, 0.3) is 10.2 Å². The summed E-state index contributed by atoms with van der Waals surface area (Å²) in [6.07, 6.45) is 2.93. The molecule has 66 valence electrons. The van der Waals surface area contributed by atoms with Crippen molar-refractivity contribution in [1.29, 1.82) is 0 Å². The number of rotatable bonds is 2. The van der Waals surface area contributed by atoms with Gasteiger partial charge in [0.05, 0.1) is 17.5 Å². The Balaban J connectivity index is 2.51. The minimum Gasteiger partial charge on any atom is -0.481 e. The fraction of sp³-hybridized carbons (Fsp3) is 0.143. The molecule has 0 aliphatic heterocycles.